The van der Waals surface area contributed by atoms with Crippen molar-refractivity contribution in [2.75, 3.05) is 0 Å². The quantitative estimate of drug-likeness (QED) is 0.698. The Hall–Kier alpha value is -1.85. The SMILES string of the molecule is CC1(C)CC(=O)C2=C(C1)OC(C(=O)OC(C)(C)C)C2C(=O)OC(C)(C)C. The molecule has 146 valence electrons. The fourth-order valence-corrected chi connectivity index (χ4v) is 3.25. The fourth-order valence-electron chi connectivity index (χ4n) is 3.25. The van der Waals surface area contributed by atoms with Crippen LogP contribution in [0.25, 0.3) is 0 Å². The Kier molecular flexibility index (Phi) is 5.03. The number of allylic oxidation sites excluding steroid dienone is 1. The Labute approximate surface area is 155 Å². The molecule has 0 bridgehead atoms. The largest absolute Gasteiger partial charge is 0.481 e. The molecule has 6 heteroatoms. The monoisotopic (exact) mass is 366 g/mol. The summed E-state index contributed by atoms with van der Waals surface area (Å²) in [6.45, 7) is 14.4. The third kappa shape index (κ3) is 4.65. The van der Waals surface area contributed by atoms with Crippen LogP contribution in [0.2, 0.25) is 0 Å². The molecule has 2 rings (SSSR count). The van der Waals surface area contributed by atoms with Crippen molar-refractivity contribution in [3.05, 3.63) is 11.3 Å². The summed E-state index contributed by atoms with van der Waals surface area (Å²) in [6.07, 6.45) is -0.394. The molecule has 26 heavy (non-hydrogen) atoms. The van der Waals surface area contributed by atoms with Gasteiger partial charge in [-0.15, -0.1) is 0 Å². The zero-order valence-corrected chi connectivity index (χ0v) is 17.0. The maximum atomic E-state index is 12.8. The van der Waals surface area contributed by atoms with Crippen molar-refractivity contribution in [2.24, 2.45) is 11.3 Å². The topological polar surface area (TPSA) is 78.9 Å². The Bertz CT molecular complexity index is 657. The lowest BCUT2D eigenvalue weighted by atomic mass is 9.74. The Morgan fingerprint density at radius 3 is 1.96 bits per heavy atom. The van der Waals surface area contributed by atoms with Gasteiger partial charge in [-0.2, -0.15) is 0 Å². The first-order valence-corrected chi connectivity index (χ1v) is 8.98. The fraction of sp³-hybridized carbons (Fsp3) is 0.750. The van der Waals surface area contributed by atoms with Gasteiger partial charge in [0, 0.05) is 12.8 Å². The van der Waals surface area contributed by atoms with E-state index < -0.39 is 35.2 Å². The number of hydrogen-bond donors (Lipinski definition) is 0. The smallest absolute Gasteiger partial charge is 0.349 e. The van der Waals surface area contributed by atoms with Crippen molar-refractivity contribution in [2.45, 2.75) is 85.5 Å². The summed E-state index contributed by atoms with van der Waals surface area (Å²) >= 11 is 0. The van der Waals surface area contributed by atoms with E-state index in [1.54, 1.807) is 41.5 Å². The minimum atomic E-state index is -1.19. The third-order valence-electron chi connectivity index (χ3n) is 4.06. The van der Waals surface area contributed by atoms with Gasteiger partial charge < -0.3 is 14.2 Å². The first kappa shape index (κ1) is 20.5. The van der Waals surface area contributed by atoms with Gasteiger partial charge in [0.25, 0.3) is 0 Å². The lowest BCUT2D eigenvalue weighted by Crippen LogP contribution is -2.42. The highest BCUT2D eigenvalue weighted by Crippen LogP contribution is 2.46. The molecule has 2 unspecified atom stereocenters. The molecule has 6 nitrogen and oxygen atoms in total. The molecule has 0 aromatic heterocycles. The lowest BCUT2D eigenvalue weighted by Gasteiger charge is -2.29. The molecule has 0 spiro atoms. The molecular formula is C20H30O6. The van der Waals surface area contributed by atoms with Crippen molar-refractivity contribution in [3.8, 4) is 0 Å². The van der Waals surface area contributed by atoms with Crippen LogP contribution in [0.5, 0.6) is 0 Å². The summed E-state index contributed by atoms with van der Waals surface area (Å²) in [5.74, 6) is -2.13. The van der Waals surface area contributed by atoms with Crippen molar-refractivity contribution >= 4 is 17.7 Å². The number of hydrogen-bond acceptors (Lipinski definition) is 6. The average Bonchev–Trinajstić information content (AvgIpc) is 2.72. The number of Topliss-reactive ketones (excluding diaryl/α,β-unsaturated/α-hetero) is 1. The van der Waals surface area contributed by atoms with Crippen molar-refractivity contribution in [3.63, 3.8) is 0 Å². The second-order valence-corrected chi connectivity index (χ2v) is 9.86. The summed E-state index contributed by atoms with van der Waals surface area (Å²) in [6, 6.07) is 0. The molecule has 0 aromatic carbocycles. The van der Waals surface area contributed by atoms with Crippen LogP contribution in [0.4, 0.5) is 0 Å². The minimum absolute atomic E-state index is 0.168. The highest BCUT2D eigenvalue weighted by molar-refractivity contribution is 6.05. The first-order valence-electron chi connectivity index (χ1n) is 8.98. The van der Waals surface area contributed by atoms with Crippen molar-refractivity contribution < 1.29 is 28.6 Å². The molecule has 0 aromatic rings. The number of ketones is 1. The second-order valence-electron chi connectivity index (χ2n) is 9.86. The summed E-state index contributed by atoms with van der Waals surface area (Å²) in [7, 11) is 0. The van der Waals surface area contributed by atoms with Gasteiger partial charge >= 0.3 is 11.9 Å². The molecule has 0 N–H and O–H groups in total. The van der Waals surface area contributed by atoms with Crippen molar-refractivity contribution in [1.29, 1.82) is 0 Å². The molecule has 0 saturated carbocycles. The lowest BCUT2D eigenvalue weighted by molar-refractivity contribution is -0.175. The average molecular weight is 366 g/mol. The Morgan fingerprint density at radius 2 is 1.46 bits per heavy atom. The minimum Gasteiger partial charge on any atom is -0.481 e. The molecule has 2 aliphatic rings. The number of carbonyl (C=O) groups excluding carboxylic acids is 3. The van der Waals surface area contributed by atoms with Gasteiger partial charge in [-0.3, -0.25) is 9.59 Å². The summed E-state index contributed by atoms with van der Waals surface area (Å²) in [5, 5.41) is 0. The van der Waals surface area contributed by atoms with E-state index in [-0.39, 0.29) is 16.8 Å². The predicted octanol–water partition coefficient (Wildman–Crippen LogP) is 3.33. The summed E-state index contributed by atoms with van der Waals surface area (Å²) in [5.41, 5.74) is -1.48. The zero-order chi connectivity index (χ0) is 20.1. The Morgan fingerprint density at radius 1 is 0.962 bits per heavy atom. The molecule has 1 aliphatic carbocycles. The summed E-state index contributed by atoms with van der Waals surface area (Å²) in [4.78, 5) is 38.2. The van der Waals surface area contributed by atoms with Crippen LogP contribution in [-0.2, 0) is 28.6 Å². The molecular weight excluding hydrogens is 336 g/mol. The van der Waals surface area contributed by atoms with E-state index in [2.05, 4.69) is 0 Å². The van der Waals surface area contributed by atoms with E-state index in [9.17, 15) is 14.4 Å². The molecule has 0 fully saturated rings. The molecule has 1 aliphatic heterocycles. The highest BCUT2D eigenvalue weighted by atomic mass is 16.6. The van der Waals surface area contributed by atoms with E-state index in [0.29, 0.717) is 18.6 Å². The second kappa shape index (κ2) is 6.39. The normalized spacial score (nSPS) is 25.5. The number of rotatable bonds is 2. The maximum Gasteiger partial charge on any atom is 0.349 e. The standard InChI is InChI=1S/C20H30O6/c1-18(2,3)25-16(22)14-13-11(21)9-20(7,8)10-12(13)24-15(14)17(23)26-19(4,5)6/h14-15H,9-10H2,1-8H3. The molecule has 2 atom stereocenters. The number of esters is 2. The van der Waals surface area contributed by atoms with Gasteiger partial charge in [-0.05, 0) is 47.0 Å². The van der Waals surface area contributed by atoms with E-state index >= 15 is 0 Å². The van der Waals surface area contributed by atoms with Crippen LogP contribution in [-0.4, -0.2) is 35.0 Å². The molecule has 0 saturated heterocycles. The Balaban J connectivity index is 2.40. The van der Waals surface area contributed by atoms with Gasteiger partial charge in [0.1, 0.15) is 22.9 Å². The van der Waals surface area contributed by atoms with E-state index in [4.69, 9.17) is 14.2 Å². The van der Waals surface area contributed by atoms with Gasteiger partial charge in [-0.25, -0.2) is 4.79 Å². The van der Waals surface area contributed by atoms with Crippen LogP contribution < -0.4 is 0 Å². The molecule has 0 radical (unpaired) electrons. The zero-order valence-electron chi connectivity index (χ0n) is 17.0. The van der Waals surface area contributed by atoms with E-state index in [0.717, 1.165) is 0 Å². The number of carbonyl (C=O) groups is 3. The highest BCUT2D eigenvalue weighted by Gasteiger charge is 2.53. The third-order valence-corrected chi connectivity index (χ3v) is 4.06. The molecule has 1 heterocycles. The van der Waals surface area contributed by atoms with Gasteiger partial charge in [0.05, 0.1) is 5.57 Å². The van der Waals surface area contributed by atoms with Gasteiger partial charge in [0.15, 0.2) is 5.78 Å². The summed E-state index contributed by atoms with van der Waals surface area (Å²) < 4.78 is 16.7. The van der Waals surface area contributed by atoms with Crippen LogP contribution in [0.3, 0.4) is 0 Å². The molecule has 0 amide bonds. The number of ether oxygens (including phenoxy) is 3. The van der Waals surface area contributed by atoms with Crippen LogP contribution in [0.1, 0.15) is 68.2 Å². The first-order chi connectivity index (χ1) is 11.6. The van der Waals surface area contributed by atoms with Gasteiger partial charge in [0.2, 0.25) is 6.10 Å². The van der Waals surface area contributed by atoms with Crippen LogP contribution in [0, 0.1) is 11.3 Å². The van der Waals surface area contributed by atoms with Gasteiger partial charge in [-0.1, -0.05) is 13.8 Å². The van der Waals surface area contributed by atoms with E-state index in [1.807, 2.05) is 13.8 Å². The van der Waals surface area contributed by atoms with Crippen LogP contribution >= 0.6 is 0 Å². The van der Waals surface area contributed by atoms with Crippen LogP contribution in [0.15, 0.2) is 11.3 Å². The predicted molar refractivity (Wildman–Crippen MR) is 95.1 cm³/mol. The van der Waals surface area contributed by atoms with Crippen molar-refractivity contribution in [1.82, 2.24) is 0 Å². The maximum absolute atomic E-state index is 12.8. The van der Waals surface area contributed by atoms with E-state index in [1.165, 1.54) is 0 Å².